The molecular formula is C17H10F3N3O6. The smallest absolute Gasteiger partial charge is 0.452 e. The van der Waals surface area contributed by atoms with Crippen molar-refractivity contribution in [3.63, 3.8) is 0 Å². The van der Waals surface area contributed by atoms with Gasteiger partial charge in [-0.05, 0) is 36.4 Å². The molecule has 0 saturated carbocycles. The summed E-state index contributed by atoms with van der Waals surface area (Å²) in [5, 5.41) is 18.1. The Morgan fingerprint density at radius 1 is 1.07 bits per heavy atom. The molecule has 0 aliphatic rings. The molecule has 0 spiro atoms. The number of alkyl halides is 3. The third-order valence-electron chi connectivity index (χ3n) is 3.44. The minimum absolute atomic E-state index is 0.00497. The van der Waals surface area contributed by atoms with Gasteiger partial charge in [0.25, 0.3) is 11.6 Å². The Morgan fingerprint density at radius 3 is 2.31 bits per heavy atom. The van der Waals surface area contributed by atoms with E-state index in [1.807, 2.05) is 0 Å². The molecule has 0 saturated heterocycles. The molecule has 1 heterocycles. The second-order valence-electron chi connectivity index (χ2n) is 5.45. The molecule has 0 unspecified atom stereocenters. The number of nitro groups is 1. The van der Waals surface area contributed by atoms with Crippen molar-refractivity contribution in [3.8, 4) is 17.2 Å². The number of esters is 1. The SMILES string of the molecule is O=C(OCc1nnc(-c2ccc([N+](=O)[O-])cc2)o1)c1ccc(OC(F)(F)F)cc1. The fraction of sp³-hybridized carbons (Fsp3) is 0.118. The molecule has 0 aliphatic carbocycles. The van der Waals surface area contributed by atoms with Crippen molar-refractivity contribution in [2.24, 2.45) is 0 Å². The highest BCUT2D eigenvalue weighted by Crippen LogP contribution is 2.24. The molecule has 0 N–H and O–H groups in total. The zero-order valence-electron chi connectivity index (χ0n) is 14.3. The maximum Gasteiger partial charge on any atom is 0.573 e. The Hall–Kier alpha value is -3.96. The molecule has 0 radical (unpaired) electrons. The van der Waals surface area contributed by atoms with Gasteiger partial charge < -0.3 is 13.9 Å². The number of carbonyl (C=O) groups excluding carboxylic acids is 1. The number of rotatable bonds is 6. The predicted octanol–water partition coefficient (Wildman–Crippen LogP) is 3.90. The molecule has 0 aliphatic heterocycles. The summed E-state index contributed by atoms with van der Waals surface area (Å²) in [5.74, 6) is -1.26. The highest BCUT2D eigenvalue weighted by Gasteiger charge is 2.31. The third kappa shape index (κ3) is 5.28. The zero-order valence-corrected chi connectivity index (χ0v) is 14.3. The predicted molar refractivity (Wildman–Crippen MR) is 88.6 cm³/mol. The van der Waals surface area contributed by atoms with Gasteiger partial charge in [0.1, 0.15) is 5.75 Å². The number of nitro benzene ring substituents is 1. The second kappa shape index (κ2) is 7.96. The Labute approximate surface area is 159 Å². The van der Waals surface area contributed by atoms with Crippen molar-refractivity contribution in [3.05, 3.63) is 70.1 Å². The van der Waals surface area contributed by atoms with Crippen LogP contribution in [0.1, 0.15) is 16.2 Å². The maximum absolute atomic E-state index is 12.1. The van der Waals surface area contributed by atoms with Gasteiger partial charge in [0, 0.05) is 17.7 Å². The lowest BCUT2D eigenvalue weighted by atomic mass is 10.2. The first-order chi connectivity index (χ1) is 13.7. The van der Waals surface area contributed by atoms with E-state index in [1.165, 1.54) is 24.3 Å². The van der Waals surface area contributed by atoms with Gasteiger partial charge in [0.15, 0.2) is 6.61 Å². The summed E-state index contributed by atoms with van der Waals surface area (Å²) in [4.78, 5) is 22.0. The Kier molecular flexibility index (Phi) is 5.43. The summed E-state index contributed by atoms with van der Waals surface area (Å²) in [6.45, 7) is -0.375. The van der Waals surface area contributed by atoms with Crippen molar-refractivity contribution in [1.82, 2.24) is 10.2 Å². The fourth-order valence-corrected chi connectivity index (χ4v) is 2.16. The van der Waals surface area contributed by atoms with E-state index in [2.05, 4.69) is 14.9 Å². The van der Waals surface area contributed by atoms with Crippen LogP contribution in [0.25, 0.3) is 11.5 Å². The number of aromatic nitrogens is 2. The number of halogens is 3. The molecule has 2 aromatic carbocycles. The van der Waals surface area contributed by atoms with Crippen LogP contribution in [0.3, 0.4) is 0 Å². The number of carbonyl (C=O) groups is 1. The number of hydrogen-bond acceptors (Lipinski definition) is 8. The third-order valence-corrected chi connectivity index (χ3v) is 3.44. The molecule has 0 fully saturated rings. The molecule has 1 aromatic heterocycles. The lowest BCUT2D eigenvalue weighted by Crippen LogP contribution is -2.17. The van der Waals surface area contributed by atoms with Crippen LogP contribution >= 0.6 is 0 Å². The number of non-ortho nitro benzene ring substituents is 1. The van der Waals surface area contributed by atoms with Crippen LogP contribution in [-0.4, -0.2) is 27.5 Å². The zero-order chi connectivity index (χ0) is 21.0. The molecule has 150 valence electrons. The van der Waals surface area contributed by atoms with E-state index in [-0.39, 0.29) is 29.6 Å². The number of benzene rings is 2. The van der Waals surface area contributed by atoms with Crippen LogP contribution in [0.4, 0.5) is 18.9 Å². The molecule has 0 bridgehead atoms. The van der Waals surface area contributed by atoms with Gasteiger partial charge in [-0.15, -0.1) is 23.4 Å². The molecular weight excluding hydrogens is 399 g/mol. The number of nitrogens with zero attached hydrogens (tertiary/aromatic N) is 3. The summed E-state index contributed by atoms with van der Waals surface area (Å²) in [6.07, 6.45) is -4.83. The van der Waals surface area contributed by atoms with Gasteiger partial charge in [0.05, 0.1) is 10.5 Å². The van der Waals surface area contributed by atoms with Gasteiger partial charge in [-0.2, -0.15) is 0 Å². The Balaban J connectivity index is 1.59. The normalized spacial score (nSPS) is 11.1. The quantitative estimate of drug-likeness (QED) is 0.342. The van der Waals surface area contributed by atoms with Gasteiger partial charge in [-0.3, -0.25) is 10.1 Å². The molecule has 12 heteroatoms. The van der Waals surface area contributed by atoms with E-state index in [0.717, 1.165) is 24.3 Å². The molecule has 3 rings (SSSR count). The Bertz CT molecular complexity index is 1020. The van der Waals surface area contributed by atoms with Gasteiger partial charge in [-0.1, -0.05) is 0 Å². The van der Waals surface area contributed by atoms with Crippen LogP contribution in [0.5, 0.6) is 5.75 Å². The van der Waals surface area contributed by atoms with Crippen molar-refractivity contribution in [2.45, 2.75) is 13.0 Å². The van der Waals surface area contributed by atoms with Gasteiger partial charge in [0.2, 0.25) is 5.89 Å². The average Bonchev–Trinajstić information content (AvgIpc) is 3.14. The standard InChI is InChI=1S/C17H10F3N3O6/c18-17(19,20)29-13-7-3-11(4-8-13)16(24)27-9-14-21-22-15(28-14)10-1-5-12(6-2-10)23(25)26/h1-8H,9H2. The molecule has 29 heavy (non-hydrogen) atoms. The van der Waals surface area contributed by atoms with Crippen LogP contribution in [0.2, 0.25) is 0 Å². The number of hydrogen-bond donors (Lipinski definition) is 0. The second-order valence-corrected chi connectivity index (χ2v) is 5.45. The summed E-state index contributed by atoms with van der Waals surface area (Å²) in [5.41, 5.74) is 0.324. The van der Waals surface area contributed by atoms with Crippen LogP contribution in [0, 0.1) is 10.1 Å². The van der Waals surface area contributed by atoms with E-state index in [1.54, 1.807) is 0 Å². The van der Waals surface area contributed by atoms with E-state index in [0.29, 0.717) is 5.56 Å². The first kappa shape index (κ1) is 19.8. The largest absolute Gasteiger partial charge is 0.573 e. The first-order valence-corrected chi connectivity index (χ1v) is 7.81. The maximum atomic E-state index is 12.1. The molecule has 0 atom stereocenters. The van der Waals surface area contributed by atoms with Gasteiger partial charge in [-0.25, -0.2) is 4.79 Å². The van der Waals surface area contributed by atoms with Crippen molar-refractivity contribution < 1.29 is 36.8 Å². The number of ether oxygens (including phenoxy) is 2. The van der Waals surface area contributed by atoms with Crippen molar-refractivity contribution >= 4 is 11.7 Å². The fourth-order valence-electron chi connectivity index (χ4n) is 2.16. The van der Waals surface area contributed by atoms with E-state index >= 15 is 0 Å². The monoisotopic (exact) mass is 409 g/mol. The molecule has 0 amide bonds. The van der Waals surface area contributed by atoms with Crippen LogP contribution in [0.15, 0.2) is 52.9 Å². The minimum atomic E-state index is -4.83. The topological polar surface area (TPSA) is 118 Å². The molecule has 9 nitrogen and oxygen atoms in total. The van der Waals surface area contributed by atoms with Crippen molar-refractivity contribution in [2.75, 3.05) is 0 Å². The van der Waals surface area contributed by atoms with Crippen LogP contribution in [-0.2, 0) is 11.3 Å². The van der Waals surface area contributed by atoms with E-state index < -0.39 is 23.0 Å². The van der Waals surface area contributed by atoms with E-state index in [9.17, 15) is 28.1 Å². The highest BCUT2D eigenvalue weighted by atomic mass is 19.4. The average molecular weight is 409 g/mol. The lowest BCUT2D eigenvalue weighted by Gasteiger charge is -2.09. The van der Waals surface area contributed by atoms with Gasteiger partial charge >= 0.3 is 12.3 Å². The summed E-state index contributed by atoms with van der Waals surface area (Å²) in [6, 6.07) is 9.56. The summed E-state index contributed by atoms with van der Waals surface area (Å²) in [7, 11) is 0. The highest BCUT2D eigenvalue weighted by molar-refractivity contribution is 5.89. The Morgan fingerprint density at radius 2 is 1.72 bits per heavy atom. The van der Waals surface area contributed by atoms with E-state index in [4.69, 9.17) is 9.15 Å². The summed E-state index contributed by atoms with van der Waals surface area (Å²) < 4.78 is 50.4. The summed E-state index contributed by atoms with van der Waals surface area (Å²) >= 11 is 0. The lowest BCUT2D eigenvalue weighted by molar-refractivity contribution is -0.384. The van der Waals surface area contributed by atoms with Crippen LogP contribution < -0.4 is 4.74 Å². The van der Waals surface area contributed by atoms with Crippen molar-refractivity contribution in [1.29, 1.82) is 0 Å². The molecule has 3 aromatic rings. The minimum Gasteiger partial charge on any atom is -0.452 e. The first-order valence-electron chi connectivity index (χ1n) is 7.81.